The lowest BCUT2D eigenvalue weighted by Gasteiger charge is -2.28. The maximum absolute atomic E-state index is 10.9. The molecule has 0 heterocycles. The van der Waals surface area contributed by atoms with Gasteiger partial charge in [-0.05, 0) is 68.7 Å². The second kappa shape index (κ2) is 5.27. The van der Waals surface area contributed by atoms with Crippen LogP contribution in [-0.4, -0.2) is 5.11 Å². The fraction of sp³-hybridized carbons (Fsp3) is 0.529. The Morgan fingerprint density at radius 3 is 2.56 bits per heavy atom. The van der Waals surface area contributed by atoms with Crippen molar-refractivity contribution in [2.45, 2.75) is 58.5 Å². The lowest BCUT2D eigenvalue weighted by Crippen LogP contribution is -2.24. The van der Waals surface area contributed by atoms with Crippen LogP contribution >= 0.6 is 0 Å². The number of allylic oxidation sites excluding steroid dienone is 1. The second-order valence-electron chi connectivity index (χ2n) is 5.70. The van der Waals surface area contributed by atoms with Gasteiger partial charge in [-0.2, -0.15) is 0 Å². The lowest BCUT2D eigenvalue weighted by molar-refractivity contribution is 0.0931. The summed E-state index contributed by atoms with van der Waals surface area (Å²) in [6, 6.07) is 6.30. The SMILES string of the molecule is Cc1ccc(C(C)(O)C2=CCCCCC2)cc1C. The Kier molecular flexibility index (Phi) is 3.91. The van der Waals surface area contributed by atoms with E-state index in [0.717, 1.165) is 18.4 Å². The number of aliphatic hydroxyl groups is 1. The molecule has 0 spiro atoms. The van der Waals surface area contributed by atoms with Crippen molar-refractivity contribution in [1.82, 2.24) is 0 Å². The average Bonchev–Trinajstić information content (AvgIpc) is 2.61. The highest BCUT2D eigenvalue weighted by atomic mass is 16.3. The van der Waals surface area contributed by atoms with Gasteiger partial charge in [0.05, 0.1) is 0 Å². The average molecular weight is 244 g/mol. The molecule has 1 nitrogen and oxygen atoms in total. The summed E-state index contributed by atoms with van der Waals surface area (Å²) in [4.78, 5) is 0. The molecule has 0 aliphatic heterocycles. The third-order valence-corrected chi connectivity index (χ3v) is 4.24. The first-order valence-corrected chi connectivity index (χ1v) is 7.01. The first kappa shape index (κ1) is 13.4. The van der Waals surface area contributed by atoms with Gasteiger partial charge in [0.25, 0.3) is 0 Å². The topological polar surface area (TPSA) is 20.2 Å². The predicted molar refractivity (Wildman–Crippen MR) is 76.7 cm³/mol. The molecule has 1 atom stereocenters. The molecule has 1 aliphatic rings. The largest absolute Gasteiger partial charge is 0.381 e. The van der Waals surface area contributed by atoms with E-state index in [-0.39, 0.29) is 0 Å². The summed E-state index contributed by atoms with van der Waals surface area (Å²) in [5.74, 6) is 0. The van der Waals surface area contributed by atoms with Crippen LogP contribution in [0.25, 0.3) is 0 Å². The number of hydrogen-bond acceptors (Lipinski definition) is 1. The van der Waals surface area contributed by atoms with Gasteiger partial charge in [0.2, 0.25) is 0 Å². The molecule has 2 rings (SSSR count). The van der Waals surface area contributed by atoms with Crippen molar-refractivity contribution in [2.24, 2.45) is 0 Å². The van der Waals surface area contributed by atoms with Gasteiger partial charge in [0.15, 0.2) is 0 Å². The molecule has 0 aromatic heterocycles. The first-order valence-electron chi connectivity index (χ1n) is 7.01. The van der Waals surface area contributed by atoms with Gasteiger partial charge in [-0.15, -0.1) is 0 Å². The highest BCUT2D eigenvalue weighted by Gasteiger charge is 2.28. The van der Waals surface area contributed by atoms with Crippen LogP contribution in [0.2, 0.25) is 0 Å². The maximum Gasteiger partial charge on any atom is 0.108 e. The molecule has 0 fully saturated rings. The molecule has 1 N–H and O–H groups in total. The molecule has 1 aromatic carbocycles. The minimum absolute atomic E-state index is 0.803. The highest BCUT2D eigenvalue weighted by molar-refractivity contribution is 5.38. The highest BCUT2D eigenvalue weighted by Crippen LogP contribution is 2.35. The molecule has 1 heteroatoms. The molecule has 0 bridgehead atoms. The summed E-state index contributed by atoms with van der Waals surface area (Å²) in [6.45, 7) is 6.16. The summed E-state index contributed by atoms with van der Waals surface area (Å²) in [6.07, 6.45) is 8.13. The minimum atomic E-state index is -0.803. The van der Waals surface area contributed by atoms with Crippen molar-refractivity contribution in [3.8, 4) is 0 Å². The molecule has 0 amide bonds. The van der Waals surface area contributed by atoms with Gasteiger partial charge < -0.3 is 5.11 Å². The smallest absolute Gasteiger partial charge is 0.108 e. The zero-order chi connectivity index (χ0) is 13.2. The van der Waals surface area contributed by atoms with Crippen molar-refractivity contribution in [3.05, 3.63) is 46.5 Å². The van der Waals surface area contributed by atoms with Crippen LogP contribution in [0, 0.1) is 13.8 Å². The van der Waals surface area contributed by atoms with Crippen LogP contribution in [0.1, 0.15) is 55.7 Å². The Morgan fingerprint density at radius 1 is 1.06 bits per heavy atom. The Morgan fingerprint density at radius 2 is 1.83 bits per heavy atom. The van der Waals surface area contributed by atoms with Crippen LogP contribution in [0.3, 0.4) is 0 Å². The molecule has 98 valence electrons. The van der Waals surface area contributed by atoms with Gasteiger partial charge >= 0.3 is 0 Å². The van der Waals surface area contributed by atoms with E-state index < -0.39 is 5.60 Å². The van der Waals surface area contributed by atoms with Crippen LogP contribution in [0.4, 0.5) is 0 Å². The van der Waals surface area contributed by atoms with E-state index in [9.17, 15) is 5.11 Å². The van der Waals surface area contributed by atoms with Crippen LogP contribution in [0.5, 0.6) is 0 Å². The molecule has 0 saturated heterocycles. The van der Waals surface area contributed by atoms with E-state index in [1.807, 2.05) is 6.92 Å². The van der Waals surface area contributed by atoms with Gasteiger partial charge in [-0.3, -0.25) is 0 Å². The Balaban J connectivity index is 2.33. The monoisotopic (exact) mass is 244 g/mol. The summed E-state index contributed by atoms with van der Waals surface area (Å²) in [5.41, 5.74) is 3.95. The van der Waals surface area contributed by atoms with Crippen molar-refractivity contribution < 1.29 is 5.11 Å². The Labute approximate surface area is 111 Å². The second-order valence-corrected chi connectivity index (χ2v) is 5.70. The number of aryl methyl sites for hydroxylation is 2. The van der Waals surface area contributed by atoms with Crippen LogP contribution in [0.15, 0.2) is 29.8 Å². The molecule has 0 radical (unpaired) electrons. The number of benzene rings is 1. The standard InChI is InChI=1S/C17H24O/c1-13-10-11-16(12-14(13)2)17(3,18)15-8-6-4-5-7-9-15/h8,10-12,18H,4-7,9H2,1-3H3. The van der Waals surface area contributed by atoms with Crippen molar-refractivity contribution in [1.29, 1.82) is 0 Å². The Hall–Kier alpha value is -1.08. The molecular formula is C17H24O. The molecular weight excluding hydrogens is 220 g/mol. The first-order chi connectivity index (χ1) is 8.51. The molecule has 1 aromatic rings. The van der Waals surface area contributed by atoms with Gasteiger partial charge in [0, 0.05) is 0 Å². The fourth-order valence-corrected chi connectivity index (χ4v) is 2.69. The Bertz CT molecular complexity index is 455. The van der Waals surface area contributed by atoms with Crippen molar-refractivity contribution in [2.75, 3.05) is 0 Å². The third-order valence-electron chi connectivity index (χ3n) is 4.24. The van der Waals surface area contributed by atoms with Crippen molar-refractivity contribution in [3.63, 3.8) is 0 Å². The molecule has 1 aliphatic carbocycles. The predicted octanol–water partition coefficient (Wildman–Crippen LogP) is 4.40. The minimum Gasteiger partial charge on any atom is -0.381 e. The molecule has 18 heavy (non-hydrogen) atoms. The van der Waals surface area contributed by atoms with E-state index in [4.69, 9.17) is 0 Å². The maximum atomic E-state index is 10.9. The fourth-order valence-electron chi connectivity index (χ4n) is 2.69. The summed E-state index contributed by atoms with van der Waals surface area (Å²) >= 11 is 0. The van der Waals surface area contributed by atoms with Gasteiger partial charge in [-0.25, -0.2) is 0 Å². The molecule has 1 unspecified atom stereocenters. The normalized spacial score (nSPS) is 19.9. The van der Waals surface area contributed by atoms with Crippen LogP contribution in [-0.2, 0) is 5.60 Å². The quantitative estimate of drug-likeness (QED) is 0.764. The van der Waals surface area contributed by atoms with E-state index in [0.29, 0.717) is 0 Å². The van der Waals surface area contributed by atoms with E-state index in [2.05, 4.69) is 38.1 Å². The lowest BCUT2D eigenvalue weighted by atomic mass is 9.84. The third kappa shape index (κ3) is 2.67. The summed E-state index contributed by atoms with van der Waals surface area (Å²) in [5, 5.41) is 10.9. The summed E-state index contributed by atoms with van der Waals surface area (Å²) in [7, 11) is 0. The van der Waals surface area contributed by atoms with E-state index >= 15 is 0 Å². The van der Waals surface area contributed by atoms with Crippen LogP contribution < -0.4 is 0 Å². The van der Waals surface area contributed by atoms with Gasteiger partial charge in [-0.1, -0.05) is 30.7 Å². The molecule has 0 saturated carbocycles. The summed E-state index contributed by atoms with van der Waals surface area (Å²) < 4.78 is 0. The number of hydrogen-bond donors (Lipinski definition) is 1. The van der Waals surface area contributed by atoms with E-state index in [1.165, 1.54) is 36.0 Å². The number of rotatable bonds is 2. The van der Waals surface area contributed by atoms with Crippen molar-refractivity contribution >= 4 is 0 Å². The zero-order valence-corrected chi connectivity index (χ0v) is 11.8. The van der Waals surface area contributed by atoms with E-state index in [1.54, 1.807) is 0 Å². The zero-order valence-electron chi connectivity index (χ0n) is 11.8. The van der Waals surface area contributed by atoms with Gasteiger partial charge in [0.1, 0.15) is 5.60 Å².